The van der Waals surface area contributed by atoms with Crippen molar-refractivity contribution >= 4 is 11.6 Å². The van der Waals surface area contributed by atoms with Crippen molar-refractivity contribution in [2.75, 3.05) is 6.61 Å². The van der Waals surface area contributed by atoms with Gasteiger partial charge in [0, 0.05) is 12.0 Å². The van der Waals surface area contributed by atoms with Crippen LogP contribution in [0.2, 0.25) is 0 Å². The van der Waals surface area contributed by atoms with Crippen LogP contribution < -0.4 is 4.74 Å². The fourth-order valence-electron chi connectivity index (χ4n) is 3.13. The summed E-state index contributed by atoms with van der Waals surface area (Å²) in [5.41, 5.74) is -0.860. The zero-order valence-corrected chi connectivity index (χ0v) is 13.3. The molecule has 0 aromatic heterocycles. The Morgan fingerprint density at radius 1 is 1.32 bits per heavy atom. The van der Waals surface area contributed by atoms with Crippen molar-refractivity contribution in [3.05, 3.63) is 29.8 Å². The lowest BCUT2D eigenvalue weighted by Crippen LogP contribution is -2.49. The first-order valence-electron chi connectivity index (χ1n) is 7.97. The molecule has 0 amide bonds. The van der Waals surface area contributed by atoms with E-state index in [1.165, 1.54) is 6.92 Å². The molecule has 0 spiro atoms. The van der Waals surface area contributed by atoms with Gasteiger partial charge in [-0.1, -0.05) is 31.9 Å². The van der Waals surface area contributed by atoms with Crippen molar-refractivity contribution in [2.45, 2.75) is 51.6 Å². The van der Waals surface area contributed by atoms with E-state index in [0.717, 1.165) is 25.7 Å². The molecule has 120 valence electrons. The molecule has 4 nitrogen and oxygen atoms in total. The van der Waals surface area contributed by atoms with Gasteiger partial charge in [0.25, 0.3) is 0 Å². The molecule has 0 aliphatic heterocycles. The summed E-state index contributed by atoms with van der Waals surface area (Å²) in [6.45, 7) is 3.21. The first-order valence-corrected chi connectivity index (χ1v) is 7.97. The van der Waals surface area contributed by atoms with E-state index in [9.17, 15) is 14.7 Å². The maximum atomic E-state index is 12.2. The van der Waals surface area contributed by atoms with E-state index in [4.69, 9.17) is 4.74 Å². The van der Waals surface area contributed by atoms with Crippen LogP contribution in [0, 0.1) is 5.92 Å². The molecule has 0 heterocycles. The second kappa shape index (κ2) is 7.05. The number of ether oxygens (including phenoxy) is 1. The summed E-state index contributed by atoms with van der Waals surface area (Å²) in [5, 5.41) is 10.9. The Balaban J connectivity index is 2.12. The smallest absolute Gasteiger partial charge is 0.167 e. The average Bonchev–Trinajstić information content (AvgIpc) is 3.07. The van der Waals surface area contributed by atoms with Gasteiger partial charge in [0.15, 0.2) is 17.2 Å². The third-order valence-electron chi connectivity index (χ3n) is 4.53. The number of benzene rings is 1. The van der Waals surface area contributed by atoms with Crippen molar-refractivity contribution in [3.63, 3.8) is 0 Å². The quantitative estimate of drug-likeness (QED) is 0.786. The van der Waals surface area contributed by atoms with Gasteiger partial charge in [-0.15, -0.1) is 0 Å². The lowest BCUT2D eigenvalue weighted by Gasteiger charge is -2.32. The third-order valence-corrected chi connectivity index (χ3v) is 4.53. The van der Waals surface area contributed by atoms with Crippen molar-refractivity contribution in [1.82, 2.24) is 0 Å². The summed E-state index contributed by atoms with van der Waals surface area (Å²) in [7, 11) is 0. The van der Waals surface area contributed by atoms with Gasteiger partial charge in [0.05, 0.1) is 0 Å². The number of hydrogen-bond acceptors (Lipinski definition) is 4. The van der Waals surface area contributed by atoms with Crippen molar-refractivity contribution in [2.24, 2.45) is 5.92 Å². The Kier molecular flexibility index (Phi) is 5.35. The van der Waals surface area contributed by atoms with Gasteiger partial charge in [-0.25, -0.2) is 0 Å². The largest absolute Gasteiger partial charge is 0.490 e. The first-order chi connectivity index (χ1) is 10.5. The van der Waals surface area contributed by atoms with E-state index in [2.05, 4.69) is 0 Å². The van der Waals surface area contributed by atoms with Gasteiger partial charge >= 0.3 is 0 Å². The highest BCUT2D eigenvalue weighted by molar-refractivity contribution is 5.94. The lowest BCUT2D eigenvalue weighted by molar-refractivity contribution is -0.147. The summed E-state index contributed by atoms with van der Waals surface area (Å²) < 4.78 is 5.67. The van der Waals surface area contributed by atoms with Crippen LogP contribution in [0.3, 0.4) is 0 Å². The highest BCUT2D eigenvalue weighted by atomic mass is 16.5. The molecule has 0 radical (unpaired) electrons. The number of carbonyl (C=O) groups excluding carboxylic acids is 2. The summed E-state index contributed by atoms with van der Waals surface area (Å²) in [6, 6.07) is 6.84. The predicted molar refractivity (Wildman–Crippen MR) is 84.1 cm³/mol. The van der Waals surface area contributed by atoms with Crippen LogP contribution in [0.15, 0.2) is 24.3 Å². The minimum Gasteiger partial charge on any atom is -0.490 e. The predicted octanol–water partition coefficient (Wildman–Crippen LogP) is 3.17. The van der Waals surface area contributed by atoms with E-state index in [1.807, 2.05) is 0 Å². The number of carbonyl (C=O) groups is 2. The van der Waals surface area contributed by atoms with E-state index in [0.29, 0.717) is 17.7 Å². The van der Waals surface area contributed by atoms with Crippen molar-refractivity contribution in [3.8, 4) is 5.75 Å². The molecule has 1 N–H and O–H groups in total. The van der Waals surface area contributed by atoms with E-state index in [1.54, 1.807) is 31.2 Å². The van der Waals surface area contributed by atoms with Gasteiger partial charge in [-0.2, -0.15) is 0 Å². The van der Waals surface area contributed by atoms with Gasteiger partial charge in [0.2, 0.25) is 0 Å². The molecule has 1 aliphatic carbocycles. The van der Waals surface area contributed by atoms with Crippen LogP contribution in [0.4, 0.5) is 0 Å². The maximum absolute atomic E-state index is 12.2. The average molecular weight is 304 g/mol. The number of aliphatic hydroxyl groups is 1. The van der Waals surface area contributed by atoms with Crippen molar-refractivity contribution in [1.29, 1.82) is 0 Å². The molecule has 1 aromatic carbocycles. The lowest BCUT2D eigenvalue weighted by atomic mass is 9.82. The Hall–Kier alpha value is -1.68. The highest BCUT2D eigenvalue weighted by Crippen LogP contribution is 2.36. The normalized spacial score (nSPS) is 18.0. The van der Waals surface area contributed by atoms with E-state index in [-0.39, 0.29) is 24.1 Å². The Bertz CT molecular complexity index is 546. The summed E-state index contributed by atoms with van der Waals surface area (Å²) in [4.78, 5) is 23.6. The number of ketones is 2. The van der Waals surface area contributed by atoms with Crippen LogP contribution in [0.1, 0.15) is 56.3 Å². The van der Waals surface area contributed by atoms with Gasteiger partial charge < -0.3 is 9.84 Å². The van der Waals surface area contributed by atoms with Crippen LogP contribution in [-0.2, 0) is 4.79 Å². The SMILES string of the molecule is CCC(=O)C(O)(COc1cccc(C(C)=O)c1)C1CCCC1. The number of hydrogen-bond donors (Lipinski definition) is 1. The summed E-state index contributed by atoms with van der Waals surface area (Å²) in [6.07, 6.45) is 4.11. The molecular formula is C18H24O4. The highest BCUT2D eigenvalue weighted by Gasteiger charge is 2.44. The van der Waals surface area contributed by atoms with Gasteiger partial charge in [0.1, 0.15) is 12.4 Å². The monoisotopic (exact) mass is 304 g/mol. The molecule has 4 heteroatoms. The molecule has 1 fully saturated rings. The first kappa shape index (κ1) is 16.7. The minimum absolute atomic E-state index is 0.0315. The Morgan fingerprint density at radius 2 is 2.00 bits per heavy atom. The van der Waals surface area contributed by atoms with E-state index >= 15 is 0 Å². The molecule has 22 heavy (non-hydrogen) atoms. The maximum Gasteiger partial charge on any atom is 0.167 e. The standard InChI is InChI=1S/C18H24O4/c1-3-17(20)18(21,15-8-4-5-9-15)12-22-16-10-6-7-14(11-16)13(2)19/h6-7,10-11,15,21H,3-5,8-9,12H2,1-2H3. The molecule has 1 aromatic rings. The second-order valence-corrected chi connectivity index (χ2v) is 6.06. The molecule has 1 unspecified atom stereocenters. The van der Waals surface area contributed by atoms with Crippen LogP contribution >= 0.6 is 0 Å². The van der Waals surface area contributed by atoms with Crippen LogP contribution in [-0.4, -0.2) is 28.9 Å². The summed E-state index contributed by atoms with van der Waals surface area (Å²) >= 11 is 0. The fourth-order valence-corrected chi connectivity index (χ4v) is 3.13. The minimum atomic E-state index is -1.42. The molecular weight excluding hydrogens is 280 g/mol. The summed E-state index contributed by atoms with van der Waals surface area (Å²) in [5.74, 6) is 0.271. The second-order valence-electron chi connectivity index (χ2n) is 6.06. The molecule has 1 saturated carbocycles. The zero-order valence-electron chi connectivity index (χ0n) is 13.3. The topological polar surface area (TPSA) is 63.6 Å². The van der Waals surface area contributed by atoms with Crippen LogP contribution in [0.5, 0.6) is 5.75 Å². The van der Waals surface area contributed by atoms with Crippen LogP contribution in [0.25, 0.3) is 0 Å². The number of rotatable bonds is 7. The number of Topliss-reactive ketones (excluding diaryl/α,β-unsaturated/α-hetero) is 2. The van der Waals surface area contributed by atoms with Gasteiger partial charge in [-0.3, -0.25) is 9.59 Å². The molecule has 1 aliphatic rings. The van der Waals surface area contributed by atoms with Gasteiger partial charge in [-0.05, 0) is 37.8 Å². The molecule has 0 saturated heterocycles. The zero-order chi connectivity index (χ0) is 16.2. The van der Waals surface area contributed by atoms with Crippen molar-refractivity contribution < 1.29 is 19.4 Å². The molecule has 1 atom stereocenters. The molecule has 0 bridgehead atoms. The Morgan fingerprint density at radius 3 is 2.59 bits per heavy atom. The third kappa shape index (κ3) is 3.55. The molecule has 2 rings (SSSR count). The van der Waals surface area contributed by atoms with E-state index < -0.39 is 5.60 Å². The Labute approximate surface area is 131 Å². The fraction of sp³-hybridized carbons (Fsp3) is 0.556.